The molecule has 0 aromatic carbocycles. The first-order valence-electron chi connectivity index (χ1n) is 27.0. The molecule has 0 radical (unpaired) electrons. The summed E-state index contributed by atoms with van der Waals surface area (Å²) >= 11 is 0. The van der Waals surface area contributed by atoms with Crippen molar-refractivity contribution in [2.45, 2.75) is 168 Å². The largest absolute Gasteiger partial charge is 0.548 e. The zero-order valence-corrected chi connectivity index (χ0v) is 45.0. The molecule has 6 unspecified atom stereocenters. The molecule has 75 heavy (non-hydrogen) atoms. The summed E-state index contributed by atoms with van der Waals surface area (Å²) in [4.78, 5) is 94.4. The Kier molecular flexibility index (Phi) is 26.4. The minimum Gasteiger partial charge on any atom is -0.548 e. The van der Waals surface area contributed by atoms with Gasteiger partial charge in [-0.1, -0.05) is 41.5 Å². The Morgan fingerprint density at radius 1 is 0.440 bits per heavy atom. The third kappa shape index (κ3) is 19.1. The van der Waals surface area contributed by atoms with Gasteiger partial charge >= 0.3 is 5.97 Å². The van der Waals surface area contributed by atoms with Crippen molar-refractivity contribution >= 4 is 35.8 Å². The second-order valence-electron chi connectivity index (χ2n) is 19.7. The lowest BCUT2D eigenvalue weighted by Gasteiger charge is -2.39. The Morgan fingerprint density at radius 3 is 0.920 bits per heavy atom. The van der Waals surface area contributed by atoms with Crippen molar-refractivity contribution in [3.05, 3.63) is 58.2 Å². The number of pyridine rings is 2. The van der Waals surface area contributed by atoms with Crippen LogP contribution < -0.4 is 36.2 Å². The highest BCUT2D eigenvalue weighted by molar-refractivity contribution is 5.74. The van der Waals surface area contributed by atoms with Crippen molar-refractivity contribution in [3.63, 3.8) is 0 Å². The highest BCUT2D eigenvalue weighted by Crippen LogP contribution is 2.22. The van der Waals surface area contributed by atoms with E-state index in [0.717, 1.165) is 24.0 Å². The third-order valence-electron chi connectivity index (χ3n) is 14.6. The van der Waals surface area contributed by atoms with Gasteiger partial charge in [0.05, 0.1) is 52.6 Å². The van der Waals surface area contributed by atoms with E-state index in [0.29, 0.717) is 61.8 Å². The van der Waals surface area contributed by atoms with Gasteiger partial charge in [-0.15, -0.1) is 0 Å². The molecular weight excluding hydrogens is 969 g/mol. The molecule has 0 saturated heterocycles. The van der Waals surface area contributed by atoms with E-state index < -0.39 is 72.1 Å². The van der Waals surface area contributed by atoms with E-state index in [9.17, 15) is 59.4 Å². The minimum absolute atomic E-state index is 0.153. The van der Waals surface area contributed by atoms with E-state index in [4.69, 9.17) is 9.97 Å². The molecule has 2 aromatic heterocycles. The Balaban J connectivity index is 1.45. The van der Waals surface area contributed by atoms with Crippen molar-refractivity contribution in [1.29, 1.82) is 0 Å². The molecule has 22 nitrogen and oxygen atoms in total. The summed E-state index contributed by atoms with van der Waals surface area (Å²) in [7, 11) is 0. The molecule has 0 amide bonds. The van der Waals surface area contributed by atoms with Gasteiger partial charge in [-0.25, -0.2) is 0 Å². The number of nitrogens with one attached hydrogen (secondary N) is 2. The highest BCUT2D eigenvalue weighted by atomic mass is 16.4. The van der Waals surface area contributed by atoms with Gasteiger partial charge in [0.15, 0.2) is 0 Å². The molecule has 6 atom stereocenters. The Labute approximate surface area is 442 Å². The smallest absolute Gasteiger partial charge is 0.320 e. The lowest BCUT2D eigenvalue weighted by molar-refractivity contribution is -0.314. The zero-order chi connectivity index (χ0) is 55.2. The second kappa shape index (κ2) is 31.8. The van der Waals surface area contributed by atoms with Crippen LogP contribution in [0, 0.1) is 0 Å². The predicted octanol–water partition coefficient (Wildman–Crippen LogP) is -3.48. The molecule has 4 bridgehead atoms. The van der Waals surface area contributed by atoms with Crippen molar-refractivity contribution in [2.75, 3.05) is 72.1 Å². The number of fused-ring (bicyclic) bond motifs is 4. The maximum absolute atomic E-state index is 12.5. The maximum Gasteiger partial charge on any atom is 0.320 e. The Hall–Kier alpha value is -5.20. The standard InChI is InChI=1S/C53H86N10O12/c1-7-42(48(64)65)58-19-23-60(44(9-3)50(68)69)31-38-27-36(28-39(56-38)32-61(24-20-58)45(10-4)51(70)71)15-13-17-54-35-55-18-14-16-37-29-40-33-62(46(11-5)52(72)73)25-21-59(43(8-2)49(66)67)22-26-63(34-41(30-37)57-40)47(12-6)53(74)75/h27-30,42-47,54-55H,7-26,31-35H2,1-6H3,(H,64,65)(H,66,67)(H,68,69)(H,70,71)(H,72,73)(H,74,75)/p-5. The third-order valence-corrected chi connectivity index (χ3v) is 14.6. The van der Waals surface area contributed by atoms with Crippen LogP contribution in [0.2, 0.25) is 0 Å². The normalized spacial score (nSPS) is 19.0. The number of hydrogen-bond acceptors (Lipinski definition) is 21. The average Bonchev–Trinajstić information content (AvgIpc) is 3.34. The first kappa shape index (κ1) is 62.3. The molecule has 4 heterocycles. The number of carbonyl (C=O) groups is 6. The molecule has 22 heteroatoms. The van der Waals surface area contributed by atoms with Crippen molar-refractivity contribution in [1.82, 2.24) is 50.0 Å². The summed E-state index contributed by atoms with van der Waals surface area (Å²) in [5.74, 6) is -7.20. The number of carboxylic acid groups (broad SMARTS) is 6. The summed E-state index contributed by atoms with van der Waals surface area (Å²) in [5, 5.41) is 78.6. The van der Waals surface area contributed by atoms with Gasteiger partial charge in [0.2, 0.25) is 0 Å². The number of carboxylic acids is 6. The molecule has 0 spiro atoms. The summed E-state index contributed by atoms with van der Waals surface area (Å²) < 4.78 is 0. The van der Waals surface area contributed by atoms with Gasteiger partial charge in [-0.05, 0) is 113 Å². The number of rotatable bonds is 28. The fraction of sp³-hybridized carbons (Fsp3) is 0.698. The Morgan fingerprint density at radius 2 is 0.680 bits per heavy atom. The first-order chi connectivity index (χ1) is 35.9. The molecule has 0 saturated carbocycles. The molecule has 0 fully saturated rings. The molecule has 2 aliphatic rings. The van der Waals surface area contributed by atoms with E-state index in [1.54, 1.807) is 66.0 Å². The first-order valence-corrected chi connectivity index (χ1v) is 27.0. The van der Waals surface area contributed by atoms with Gasteiger partial charge in [0, 0.05) is 115 Å². The Bertz CT molecular complexity index is 1910. The molecule has 0 aliphatic carbocycles. The van der Waals surface area contributed by atoms with Crippen LogP contribution in [0.3, 0.4) is 0 Å². The second-order valence-corrected chi connectivity index (χ2v) is 19.7. The number of hydrogen-bond donors (Lipinski definition) is 3. The number of aromatic nitrogens is 2. The summed E-state index contributed by atoms with van der Waals surface area (Å²) in [6.07, 6.45) is 4.39. The van der Waals surface area contributed by atoms with Crippen LogP contribution in [0.1, 0.15) is 127 Å². The number of aryl methyl sites for hydroxylation is 2. The van der Waals surface area contributed by atoms with Crippen molar-refractivity contribution < 1.29 is 59.4 Å². The van der Waals surface area contributed by atoms with Crippen molar-refractivity contribution in [3.8, 4) is 0 Å². The SMILES string of the molecule is CCC(C(=O)[O-])N1CCN(C(CC)C(=O)[O-])Cc2cc(CCCNCNCCCc3cc4nc(c3)CN(C(CC)C(=O)O)CCN(C(CC)C(=O)[O-])CCN(C(CC)C(=O)[O-])C4)cc(n2)CN(C(CC)C(=O)[O-])CC1. The van der Waals surface area contributed by atoms with Gasteiger partial charge in [0.25, 0.3) is 0 Å². The number of aliphatic carboxylic acids is 6. The lowest BCUT2D eigenvalue weighted by Crippen LogP contribution is -2.55. The topological polar surface area (TPSA) is 307 Å². The molecule has 3 N–H and O–H groups in total. The summed E-state index contributed by atoms with van der Waals surface area (Å²) in [5.41, 5.74) is 4.38. The monoisotopic (exact) mass is 1050 g/mol. The molecule has 4 rings (SSSR count). The van der Waals surface area contributed by atoms with E-state index >= 15 is 0 Å². The number of carbonyl (C=O) groups excluding carboxylic acids is 5. The van der Waals surface area contributed by atoms with Crippen LogP contribution in [0.15, 0.2) is 24.3 Å². The quantitative estimate of drug-likeness (QED) is 0.0551. The van der Waals surface area contributed by atoms with Crippen molar-refractivity contribution in [2.24, 2.45) is 0 Å². The van der Waals surface area contributed by atoms with Crippen LogP contribution in [-0.2, 0) is 67.8 Å². The summed E-state index contributed by atoms with van der Waals surface area (Å²) in [6, 6.07) is 2.19. The zero-order valence-electron chi connectivity index (χ0n) is 45.0. The molecule has 2 aliphatic heterocycles. The van der Waals surface area contributed by atoms with Gasteiger partial charge in [-0.2, -0.15) is 0 Å². The molecular formula is C53H81N10O12-5. The lowest BCUT2D eigenvalue weighted by atomic mass is 10.1. The average molecular weight is 1050 g/mol. The van der Waals surface area contributed by atoms with E-state index in [-0.39, 0.29) is 111 Å². The maximum atomic E-state index is 12.5. The van der Waals surface area contributed by atoms with Gasteiger partial charge in [-0.3, -0.25) is 44.2 Å². The molecule has 420 valence electrons. The molecule has 2 aromatic rings. The van der Waals surface area contributed by atoms with E-state index in [1.165, 1.54) is 0 Å². The van der Waals surface area contributed by atoms with Crippen LogP contribution in [0.5, 0.6) is 0 Å². The minimum atomic E-state index is -1.26. The number of nitrogens with zero attached hydrogens (tertiary/aromatic N) is 8. The van der Waals surface area contributed by atoms with Gasteiger partial charge < -0.3 is 65.2 Å². The van der Waals surface area contributed by atoms with E-state index in [2.05, 4.69) is 10.6 Å². The van der Waals surface area contributed by atoms with Crippen LogP contribution in [0.4, 0.5) is 0 Å². The van der Waals surface area contributed by atoms with Gasteiger partial charge in [0.1, 0.15) is 6.04 Å². The highest BCUT2D eigenvalue weighted by Gasteiger charge is 2.30. The summed E-state index contributed by atoms with van der Waals surface area (Å²) in [6.45, 7) is 14.7. The fourth-order valence-electron chi connectivity index (χ4n) is 10.7. The van der Waals surface area contributed by atoms with Crippen LogP contribution in [-0.4, -0.2) is 189 Å². The predicted molar refractivity (Wildman–Crippen MR) is 268 cm³/mol. The van der Waals surface area contributed by atoms with Crippen LogP contribution in [0.25, 0.3) is 0 Å². The fourth-order valence-corrected chi connectivity index (χ4v) is 10.7. The van der Waals surface area contributed by atoms with Crippen LogP contribution >= 0.6 is 0 Å². The van der Waals surface area contributed by atoms with E-state index in [1.807, 2.05) is 29.2 Å².